The molecule has 0 amide bonds. The van der Waals surface area contributed by atoms with Crippen LogP contribution in [0.25, 0.3) is 0 Å². The average molecular weight is 137 g/mol. The molecular weight excluding hydrogens is 122 g/mol. The van der Waals surface area contributed by atoms with Crippen LogP contribution in [0.1, 0.15) is 26.2 Å². The van der Waals surface area contributed by atoms with Gasteiger partial charge in [0.25, 0.3) is 0 Å². The van der Waals surface area contributed by atoms with E-state index in [0.717, 1.165) is 13.0 Å². The second kappa shape index (κ2) is 3.45. The van der Waals surface area contributed by atoms with Crippen molar-refractivity contribution < 1.29 is 0 Å². The van der Waals surface area contributed by atoms with Gasteiger partial charge in [0.05, 0.1) is 0 Å². The number of rotatable bonds is 2. The minimum atomic E-state index is 1.10. The lowest BCUT2D eigenvalue weighted by Gasteiger charge is -2.03. The third-order valence-electron chi connectivity index (χ3n) is 1.96. The fourth-order valence-corrected chi connectivity index (χ4v) is 1.35. The van der Waals surface area contributed by atoms with Gasteiger partial charge in [-0.25, -0.2) is 0 Å². The summed E-state index contributed by atoms with van der Waals surface area (Å²) in [5.41, 5.74) is 2.80. The molecule has 1 saturated heterocycles. The molecule has 1 aliphatic heterocycles. The zero-order chi connectivity index (χ0) is 7.40. The Balaban J connectivity index is 2.68. The summed E-state index contributed by atoms with van der Waals surface area (Å²) in [7, 11) is 0. The molecule has 0 unspecified atom stereocenters. The summed E-state index contributed by atoms with van der Waals surface area (Å²) in [6.07, 6.45) is 5.57. The molecule has 0 aromatic carbocycles. The van der Waals surface area contributed by atoms with Crippen molar-refractivity contribution in [3.05, 3.63) is 23.9 Å². The van der Waals surface area contributed by atoms with Gasteiger partial charge in [-0.1, -0.05) is 19.6 Å². The predicted molar refractivity (Wildman–Crippen MR) is 44.8 cm³/mol. The fourth-order valence-electron chi connectivity index (χ4n) is 1.35. The zero-order valence-electron chi connectivity index (χ0n) is 6.61. The molecule has 10 heavy (non-hydrogen) atoms. The Bertz CT molecular complexity index is 148. The molecule has 0 aliphatic carbocycles. The van der Waals surface area contributed by atoms with Crippen molar-refractivity contribution in [2.24, 2.45) is 0 Å². The molecule has 0 spiro atoms. The number of hydrogen-bond donors (Lipinski definition) is 1. The van der Waals surface area contributed by atoms with Gasteiger partial charge < -0.3 is 5.32 Å². The summed E-state index contributed by atoms with van der Waals surface area (Å²) in [5, 5.41) is 3.37. The normalized spacial score (nSPS) is 22.1. The molecule has 1 aliphatic rings. The molecule has 1 heteroatoms. The lowest BCUT2D eigenvalue weighted by Crippen LogP contribution is -2.05. The molecule has 1 nitrogen and oxygen atoms in total. The molecular formula is C9H15N. The van der Waals surface area contributed by atoms with E-state index < -0.39 is 0 Å². The van der Waals surface area contributed by atoms with Crippen LogP contribution in [0.5, 0.6) is 0 Å². The summed E-state index contributed by atoms with van der Waals surface area (Å²) in [6.45, 7) is 7.09. The highest BCUT2D eigenvalue weighted by Crippen LogP contribution is 2.16. The molecule has 1 N–H and O–H groups in total. The quantitative estimate of drug-likeness (QED) is 0.615. The molecule has 0 atom stereocenters. The first kappa shape index (κ1) is 7.39. The first-order valence-corrected chi connectivity index (χ1v) is 3.96. The van der Waals surface area contributed by atoms with Crippen molar-refractivity contribution in [1.29, 1.82) is 0 Å². The predicted octanol–water partition coefficient (Wildman–Crippen LogP) is 2.22. The summed E-state index contributed by atoms with van der Waals surface area (Å²) < 4.78 is 0. The summed E-state index contributed by atoms with van der Waals surface area (Å²) in [6, 6.07) is 0. The lowest BCUT2D eigenvalue weighted by atomic mass is 10.1. The summed E-state index contributed by atoms with van der Waals surface area (Å²) >= 11 is 0. The Kier molecular flexibility index (Phi) is 2.55. The van der Waals surface area contributed by atoms with Crippen LogP contribution in [0.4, 0.5) is 0 Å². The summed E-state index contributed by atoms with van der Waals surface area (Å²) in [5.74, 6) is 0. The van der Waals surface area contributed by atoms with Gasteiger partial charge in [-0.15, -0.1) is 0 Å². The standard InChI is InChI=1S/C9H15N/c1-3-8(4-2)9-6-5-7-10-9/h3,10H,1,4-7H2,2H3/b9-8+. The number of hydrogen-bond acceptors (Lipinski definition) is 1. The minimum absolute atomic E-state index is 1.10. The smallest absolute Gasteiger partial charge is 0.0147 e. The molecule has 0 aromatic heterocycles. The first-order valence-electron chi connectivity index (χ1n) is 3.96. The first-order chi connectivity index (χ1) is 4.88. The van der Waals surface area contributed by atoms with Gasteiger partial charge in [0.1, 0.15) is 0 Å². The zero-order valence-corrected chi connectivity index (χ0v) is 6.61. The highest BCUT2D eigenvalue weighted by molar-refractivity contribution is 5.24. The molecule has 1 fully saturated rings. The molecule has 0 aromatic rings. The Hall–Kier alpha value is -0.720. The Morgan fingerprint density at radius 2 is 2.60 bits per heavy atom. The number of allylic oxidation sites excluding steroid dienone is 3. The van der Waals surface area contributed by atoms with Gasteiger partial charge in [0.15, 0.2) is 0 Å². The van der Waals surface area contributed by atoms with Gasteiger partial charge in [-0.3, -0.25) is 0 Å². The van der Waals surface area contributed by atoms with E-state index in [9.17, 15) is 0 Å². The highest BCUT2D eigenvalue weighted by atomic mass is 14.9. The maximum atomic E-state index is 3.78. The van der Waals surface area contributed by atoms with Crippen LogP contribution in [0.15, 0.2) is 23.9 Å². The van der Waals surface area contributed by atoms with Crippen molar-refractivity contribution in [2.75, 3.05) is 6.54 Å². The van der Waals surface area contributed by atoms with E-state index in [0.29, 0.717) is 0 Å². The fraction of sp³-hybridized carbons (Fsp3) is 0.556. The van der Waals surface area contributed by atoms with Crippen LogP contribution >= 0.6 is 0 Å². The van der Waals surface area contributed by atoms with E-state index in [1.54, 1.807) is 0 Å². The van der Waals surface area contributed by atoms with E-state index in [2.05, 4.69) is 18.8 Å². The maximum Gasteiger partial charge on any atom is 0.0147 e. The molecule has 1 heterocycles. The van der Waals surface area contributed by atoms with Gasteiger partial charge >= 0.3 is 0 Å². The van der Waals surface area contributed by atoms with Gasteiger partial charge in [-0.05, 0) is 24.8 Å². The van der Waals surface area contributed by atoms with Crippen molar-refractivity contribution >= 4 is 0 Å². The molecule has 0 saturated carbocycles. The molecule has 0 radical (unpaired) electrons. The van der Waals surface area contributed by atoms with Crippen molar-refractivity contribution in [1.82, 2.24) is 5.32 Å². The van der Waals surface area contributed by atoms with Crippen LogP contribution in [0.3, 0.4) is 0 Å². The third kappa shape index (κ3) is 1.41. The Morgan fingerprint density at radius 1 is 1.80 bits per heavy atom. The molecule has 56 valence electrons. The van der Waals surface area contributed by atoms with Crippen LogP contribution in [0, 0.1) is 0 Å². The number of nitrogens with one attached hydrogen (secondary N) is 1. The lowest BCUT2D eigenvalue weighted by molar-refractivity contribution is 0.897. The van der Waals surface area contributed by atoms with E-state index in [1.165, 1.54) is 24.1 Å². The van der Waals surface area contributed by atoms with Crippen LogP contribution < -0.4 is 5.32 Å². The average Bonchev–Trinajstić information content (AvgIpc) is 2.43. The van der Waals surface area contributed by atoms with Gasteiger partial charge in [-0.2, -0.15) is 0 Å². The van der Waals surface area contributed by atoms with Crippen molar-refractivity contribution in [3.8, 4) is 0 Å². The van der Waals surface area contributed by atoms with E-state index in [4.69, 9.17) is 0 Å². The Morgan fingerprint density at radius 3 is 3.00 bits per heavy atom. The van der Waals surface area contributed by atoms with Crippen molar-refractivity contribution in [3.63, 3.8) is 0 Å². The van der Waals surface area contributed by atoms with Crippen LogP contribution in [0.2, 0.25) is 0 Å². The van der Waals surface area contributed by atoms with E-state index in [1.807, 2.05) is 6.08 Å². The highest BCUT2D eigenvalue weighted by Gasteiger charge is 2.07. The van der Waals surface area contributed by atoms with Gasteiger partial charge in [0, 0.05) is 12.2 Å². The van der Waals surface area contributed by atoms with E-state index >= 15 is 0 Å². The minimum Gasteiger partial charge on any atom is -0.388 e. The monoisotopic (exact) mass is 137 g/mol. The van der Waals surface area contributed by atoms with Crippen molar-refractivity contribution in [2.45, 2.75) is 26.2 Å². The maximum absolute atomic E-state index is 3.78. The third-order valence-corrected chi connectivity index (χ3v) is 1.96. The van der Waals surface area contributed by atoms with Gasteiger partial charge in [0.2, 0.25) is 0 Å². The molecule has 1 rings (SSSR count). The van der Waals surface area contributed by atoms with E-state index in [-0.39, 0.29) is 0 Å². The summed E-state index contributed by atoms with van der Waals surface area (Å²) in [4.78, 5) is 0. The topological polar surface area (TPSA) is 12.0 Å². The molecule has 0 bridgehead atoms. The van der Waals surface area contributed by atoms with Crippen LogP contribution in [-0.2, 0) is 0 Å². The second-order valence-corrected chi connectivity index (χ2v) is 2.59. The Labute approximate surface area is 62.8 Å². The van der Waals surface area contributed by atoms with Crippen LogP contribution in [-0.4, -0.2) is 6.54 Å². The largest absolute Gasteiger partial charge is 0.388 e. The SMILES string of the molecule is C=C/C(CC)=C1/CCCN1. The second-order valence-electron chi connectivity index (χ2n) is 2.59.